The molecule has 0 unspecified atom stereocenters. The number of hydrogen-bond donors (Lipinski definition) is 0. The standard InChI is InChI=1S/C23H28N4O5/c1-4-31-22(28)16-8-7-11-27(13-16)21-20(25-18-9-5-6-10-19(18)26-21)17(12-24)23(29)32-15(2)14-30-3/h5-6,9-10,15-17H,4,7-8,11,13-14H2,1-3H3/t15-,16-,17+/m0/s1. The Morgan fingerprint density at radius 2 is 2.00 bits per heavy atom. The van der Waals surface area contributed by atoms with Crippen molar-refractivity contribution < 1.29 is 23.8 Å². The molecule has 0 aliphatic carbocycles. The average Bonchev–Trinajstić information content (AvgIpc) is 2.79. The van der Waals surface area contributed by atoms with Gasteiger partial charge in [0.05, 0.1) is 36.2 Å². The zero-order chi connectivity index (χ0) is 23.1. The van der Waals surface area contributed by atoms with Crippen molar-refractivity contribution in [3.8, 4) is 6.07 Å². The molecule has 1 aromatic carbocycles. The first-order valence-electron chi connectivity index (χ1n) is 10.8. The summed E-state index contributed by atoms with van der Waals surface area (Å²) in [5.74, 6) is -2.11. The Morgan fingerprint density at radius 1 is 1.28 bits per heavy atom. The summed E-state index contributed by atoms with van der Waals surface area (Å²) in [4.78, 5) is 36.4. The molecule has 1 aliphatic heterocycles. The van der Waals surface area contributed by atoms with Crippen molar-refractivity contribution in [3.05, 3.63) is 30.0 Å². The van der Waals surface area contributed by atoms with Gasteiger partial charge in [-0.1, -0.05) is 12.1 Å². The normalized spacial score (nSPS) is 17.9. The second-order valence-electron chi connectivity index (χ2n) is 7.72. The van der Waals surface area contributed by atoms with Crippen LogP contribution < -0.4 is 4.90 Å². The van der Waals surface area contributed by atoms with E-state index in [1.807, 2.05) is 29.2 Å². The molecule has 2 aromatic rings. The quantitative estimate of drug-likeness (QED) is 0.571. The average molecular weight is 441 g/mol. The largest absolute Gasteiger partial charge is 0.466 e. The zero-order valence-electron chi connectivity index (χ0n) is 18.6. The molecule has 2 heterocycles. The van der Waals surface area contributed by atoms with Crippen molar-refractivity contribution in [2.75, 3.05) is 38.3 Å². The summed E-state index contributed by atoms with van der Waals surface area (Å²) < 4.78 is 15.6. The maximum absolute atomic E-state index is 12.8. The van der Waals surface area contributed by atoms with Crippen molar-refractivity contribution in [3.63, 3.8) is 0 Å². The van der Waals surface area contributed by atoms with Crippen molar-refractivity contribution >= 4 is 28.8 Å². The number of esters is 2. The van der Waals surface area contributed by atoms with E-state index in [9.17, 15) is 14.9 Å². The minimum Gasteiger partial charge on any atom is -0.466 e. The van der Waals surface area contributed by atoms with E-state index < -0.39 is 18.0 Å². The predicted molar refractivity (Wildman–Crippen MR) is 117 cm³/mol. The Balaban J connectivity index is 1.99. The summed E-state index contributed by atoms with van der Waals surface area (Å²) in [5.41, 5.74) is 1.44. The summed E-state index contributed by atoms with van der Waals surface area (Å²) in [6.07, 6.45) is 0.955. The van der Waals surface area contributed by atoms with Crippen LogP contribution in [0.2, 0.25) is 0 Å². The summed E-state index contributed by atoms with van der Waals surface area (Å²) in [6, 6.07) is 9.29. The maximum Gasteiger partial charge on any atom is 0.330 e. The molecule has 3 atom stereocenters. The SMILES string of the molecule is CCOC(=O)[C@H]1CCCN(c2nc3ccccc3nc2[C@@H](C#N)C(=O)O[C@@H](C)COC)C1. The van der Waals surface area contributed by atoms with Gasteiger partial charge < -0.3 is 19.1 Å². The lowest BCUT2D eigenvalue weighted by molar-refractivity contribution is -0.151. The van der Waals surface area contributed by atoms with Crippen LogP contribution in [0.15, 0.2) is 24.3 Å². The highest BCUT2D eigenvalue weighted by Crippen LogP contribution is 2.31. The van der Waals surface area contributed by atoms with Gasteiger partial charge in [0.1, 0.15) is 11.8 Å². The summed E-state index contributed by atoms with van der Waals surface area (Å²) >= 11 is 0. The fourth-order valence-corrected chi connectivity index (χ4v) is 3.81. The number of benzene rings is 1. The molecule has 1 aliphatic rings. The fraction of sp³-hybridized carbons (Fsp3) is 0.522. The summed E-state index contributed by atoms with van der Waals surface area (Å²) in [5, 5.41) is 9.86. The molecule has 0 radical (unpaired) electrons. The van der Waals surface area contributed by atoms with Crippen LogP contribution in [0.25, 0.3) is 11.0 Å². The van der Waals surface area contributed by atoms with E-state index in [0.29, 0.717) is 43.0 Å². The van der Waals surface area contributed by atoms with E-state index in [2.05, 4.69) is 4.98 Å². The number of fused-ring (bicyclic) bond motifs is 1. The molecule has 0 spiro atoms. The lowest BCUT2D eigenvalue weighted by Gasteiger charge is -2.33. The van der Waals surface area contributed by atoms with Crippen molar-refractivity contribution in [1.29, 1.82) is 5.26 Å². The number of methoxy groups -OCH3 is 1. The Kier molecular flexibility index (Phi) is 7.95. The molecule has 1 aromatic heterocycles. The van der Waals surface area contributed by atoms with Crippen LogP contribution in [0.4, 0.5) is 5.82 Å². The van der Waals surface area contributed by atoms with E-state index >= 15 is 0 Å². The van der Waals surface area contributed by atoms with Crippen LogP contribution in [-0.4, -0.2) is 61.4 Å². The molecule has 1 saturated heterocycles. The molecular formula is C23H28N4O5. The van der Waals surface area contributed by atoms with Gasteiger partial charge in [-0.15, -0.1) is 0 Å². The van der Waals surface area contributed by atoms with Crippen molar-refractivity contribution in [1.82, 2.24) is 9.97 Å². The number of carbonyl (C=O) groups is 2. The topological polar surface area (TPSA) is 115 Å². The number of nitriles is 1. The van der Waals surface area contributed by atoms with Gasteiger partial charge in [0.25, 0.3) is 0 Å². The number of para-hydroxylation sites is 2. The van der Waals surface area contributed by atoms with Crippen LogP contribution in [0.1, 0.15) is 38.3 Å². The smallest absolute Gasteiger partial charge is 0.330 e. The first-order chi connectivity index (χ1) is 15.5. The van der Waals surface area contributed by atoms with E-state index in [1.165, 1.54) is 7.11 Å². The summed E-state index contributed by atoms with van der Waals surface area (Å²) in [6.45, 7) is 5.01. The van der Waals surface area contributed by atoms with Gasteiger partial charge in [0.15, 0.2) is 11.7 Å². The molecule has 9 nitrogen and oxygen atoms in total. The molecule has 0 N–H and O–H groups in total. The van der Waals surface area contributed by atoms with Crippen LogP contribution in [0, 0.1) is 17.2 Å². The number of aromatic nitrogens is 2. The minimum atomic E-state index is -1.26. The lowest BCUT2D eigenvalue weighted by Crippen LogP contribution is -2.41. The highest BCUT2D eigenvalue weighted by molar-refractivity contribution is 5.85. The maximum atomic E-state index is 12.8. The van der Waals surface area contributed by atoms with Crippen molar-refractivity contribution in [2.24, 2.45) is 5.92 Å². The number of anilines is 1. The van der Waals surface area contributed by atoms with Gasteiger partial charge in [0.2, 0.25) is 0 Å². The molecule has 9 heteroatoms. The predicted octanol–water partition coefficient (Wildman–Crippen LogP) is 2.59. The van der Waals surface area contributed by atoms with Gasteiger partial charge in [0, 0.05) is 20.2 Å². The molecule has 0 amide bonds. The Bertz CT molecular complexity index is 1010. The highest BCUT2D eigenvalue weighted by atomic mass is 16.6. The van der Waals surface area contributed by atoms with E-state index in [1.54, 1.807) is 19.9 Å². The molecular weight excluding hydrogens is 412 g/mol. The van der Waals surface area contributed by atoms with Crippen LogP contribution >= 0.6 is 0 Å². The third-order valence-electron chi connectivity index (χ3n) is 5.28. The Morgan fingerprint density at radius 3 is 2.66 bits per heavy atom. The molecule has 1 fully saturated rings. The number of rotatable bonds is 8. The first kappa shape index (κ1) is 23.4. The Labute approximate surface area is 187 Å². The number of carbonyl (C=O) groups excluding carboxylic acids is 2. The second-order valence-corrected chi connectivity index (χ2v) is 7.72. The monoisotopic (exact) mass is 440 g/mol. The molecule has 170 valence electrons. The van der Waals surface area contributed by atoms with E-state index in [-0.39, 0.29) is 24.2 Å². The molecule has 32 heavy (non-hydrogen) atoms. The number of hydrogen-bond acceptors (Lipinski definition) is 9. The Hall–Kier alpha value is -3.25. The third-order valence-corrected chi connectivity index (χ3v) is 5.28. The van der Waals surface area contributed by atoms with Crippen molar-refractivity contribution in [2.45, 2.75) is 38.7 Å². The molecule has 0 saturated carbocycles. The fourth-order valence-electron chi connectivity index (χ4n) is 3.81. The van der Waals surface area contributed by atoms with Gasteiger partial charge in [-0.25, -0.2) is 9.97 Å². The molecule has 3 rings (SSSR count). The molecule has 0 bridgehead atoms. The van der Waals surface area contributed by atoms with Crippen LogP contribution in [0.3, 0.4) is 0 Å². The van der Waals surface area contributed by atoms with Crippen LogP contribution in [0.5, 0.6) is 0 Å². The second kappa shape index (κ2) is 10.9. The van der Waals surface area contributed by atoms with Gasteiger partial charge in [-0.3, -0.25) is 9.59 Å². The van der Waals surface area contributed by atoms with Gasteiger partial charge in [-0.2, -0.15) is 5.26 Å². The minimum absolute atomic E-state index is 0.216. The highest BCUT2D eigenvalue weighted by Gasteiger charge is 2.34. The van der Waals surface area contributed by atoms with Crippen LogP contribution in [-0.2, 0) is 23.8 Å². The van der Waals surface area contributed by atoms with Gasteiger partial charge >= 0.3 is 11.9 Å². The zero-order valence-corrected chi connectivity index (χ0v) is 18.6. The van der Waals surface area contributed by atoms with E-state index in [0.717, 1.165) is 6.42 Å². The van der Waals surface area contributed by atoms with Gasteiger partial charge in [-0.05, 0) is 38.8 Å². The number of nitrogens with zero attached hydrogens (tertiary/aromatic N) is 4. The lowest BCUT2D eigenvalue weighted by atomic mass is 9.97. The number of piperidine rings is 1. The summed E-state index contributed by atoms with van der Waals surface area (Å²) in [7, 11) is 1.51. The van der Waals surface area contributed by atoms with E-state index in [4.69, 9.17) is 19.2 Å². The number of ether oxygens (including phenoxy) is 3. The third kappa shape index (κ3) is 5.32. The first-order valence-corrected chi connectivity index (χ1v) is 10.8.